The first kappa shape index (κ1) is 25.6. The minimum Gasteiger partial charge on any atom is -0.487 e. The predicted octanol–water partition coefficient (Wildman–Crippen LogP) is 4.79. The molecule has 0 bridgehead atoms. The monoisotopic (exact) mass is 534 g/mol. The number of carbonyl (C=O) groups excluding carboxylic acids is 1. The highest BCUT2D eigenvalue weighted by Crippen LogP contribution is 2.27. The Morgan fingerprint density at radius 3 is 2.56 bits per heavy atom. The van der Waals surface area contributed by atoms with Gasteiger partial charge in [0.1, 0.15) is 28.5 Å². The smallest absolute Gasteiger partial charge is 0.273 e. The summed E-state index contributed by atoms with van der Waals surface area (Å²) < 4.78 is 39.4. The fourth-order valence-electron chi connectivity index (χ4n) is 3.51. The molecular formula is C25H25BrF2N2O4. The van der Waals surface area contributed by atoms with Gasteiger partial charge >= 0.3 is 0 Å². The molecule has 34 heavy (non-hydrogen) atoms. The number of carbonyl (C=O) groups is 1. The summed E-state index contributed by atoms with van der Waals surface area (Å²) in [6.07, 6.45) is 0. The van der Waals surface area contributed by atoms with E-state index in [4.69, 9.17) is 9.47 Å². The molecule has 180 valence electrons. The van der Waals surface area contributed by atoms with Crippen LogP contribution in [0, 0.1) is 25.5 Å². The number of amides is 1. The van der Waals surface area contributed by atoms with Gasteiger partial charge < -0.3 is 14.4 Å². The molecule has 0 saturated heterocycles. The van der Waals surface area contributed by atoms with Gasteiger partial charge in [0.05, 0.1) is 12.3 Å². The normalized spacial score (nSPS) is 10.9. The number of aromatic nitrogens is 1. The van der Waals surface area contributed by atoms with Gasteiger partial charge in [0.25, 0.3) is 11.5 Å². The standard InChI is InChI=1S/C25H25BrF2N2O4/c1-15-12-22(34-14-17-8-9-18(27)13-20(17)28)23(26)25(32)30(15)21-7-5-6-19(16(21)2)24(31)29(3)10-11-33-4/h5-9,12-13H,10-11,14H2,1-4H3. The van der Waals surface area contributed by atoms with Crippen LogP contribution in [0.2, 0.25) is 0 Å². The largest absolute Gasteiger partial charge is 0.487 e. The first-order chi connectivity index (χ1) is 16.1. The minimum absolute atomic E-state index is 0.147. The SMILES string of the molecule is COCCN(C)C(=O)c1cccc(-n2c(C)cc(OCc3ccc(F)cc3F)c(Br)c2=O)c1C. The number of nitrogens with zero attached hydrogens (tertiary/aromatic N) is 2. The Balaban J connectivity index is 1.95. The Kier molecular flexibility index (Phi) is 8.22. The molecule has 0 spiro atoms. The molecule has 1 amide bonds. The molecule has 6 nitrogen and oxygen atoms in total. The van der Waals surface area contributed by atoms with Crippen LogP contribution in [0.25, 0.3) is 5.69 Å². The zero-order chi connectivity index (χ0) is 25.0. The van der Waals surface area contributed by atoms with Crippen LogP contribution in [0.3, 0.4) is 0 Å². The van der Waals surface area contributed by atoms with Crippen molar-refractivity contribution in [3.05, 3.63) is 91.3 Å². The second kappa shape index (κ2) is 10.9. The van der Waals surface area contributed by atoms with Crippen molar-refractivity contribution in [1.82, 2.24) is 9.47 Å². The van der Waals surface area contributed by atoms with Gasteiger partial charge in [-0.25, -0.2) is 8.78 Å². The van der Waals surface area contributed by atoms with Gasteiger partial charge in [0.15, 0.2) is 0 Å². The molecule has 3 aromatic rings. The summed E-state index contributed by atoms with van der Waals surface area (Å²) in [6, 6.07) is 10.1. The fraction of sp³-hybridized carbons (Fsp3) is 0.280. The average Bonchev–Trinajstić information content (AvgIpc) is 2.80. The lowest BCUT2D eigenvalue weighted by atomic mass is 10.0. The third-order valence-electron chi connectivity index (χ3n) is 5.45. The lowest BCUT2D eigenvalue weighted by Crippen LogP contribution is -2.31. The summed E-state index contributed by atoms with van der Waals surface area (Å²) in [6.45, 7) is 4.19. The van der Waals surface area contributed by atoms with Crippen LogP contribution in [0.4, 0.5) is 8.78 Å². The summed E-state index contributed by atoms with van der Waals surface area (Å²) in [5.74, 6) is -1.36. The van der Waals surface area contributed by atoms with Crippen LogP contribution >= 0.6 is 15.9 Å². The van der Waals surface area contributed by atoms with E-state index in [1.165, 1.54) is 10.6 Å². The predicted molar refractivity (Wildman–Crippen MR) is 129 cm³/mol. The van der Waals surface area contributed by atoms with Gasteiger partial charge in [-0.05, 0) is 59.6 Å². The Morgan fingerprint density at radius 2 is 1.88 bits per heavy atom. The maximum absolute atomic E-state index is 13.9. The van der Waals surface area contributed by atoms with E-state index in [2.05, 4.69) is 15.9 Å². The van der Waals surface area contributed by atoms with Gasteiger partial charge in [-0.3, -0.25) is 14.2 Å². The molecule has 2 aromatic carbocycles. The van der Waals surface area contributed by atoms with Crippen molar-refractivity contribution < 1.29 is 23.0 Å². The number of hydrogen-bond acceptors (Lipinski definition) is 4. The quantitative estimate of drug-likeness (QED) is 0.416. The fourth-order valence-corrected chi connectivity index (χ4v) is 3.92. The lowest BCUT2D eigenvalue weighted by molar-refractivity contribution is 0.0743. The second-order valence-electron chi connectivity index (χ2n) is 7.80. The van der Waals surface area contributed by atoms with Crippen LogP contribution in [-0.2, 0) is 11.3 Å². The number of pyridine rings is 1. The highest BCUT2D eigenvalue weighted by Gasteiger charge is 2.20. The van der Waals surface area contributed by atoms with Crippen LogP contribution < -0.4 is 10.3 Å². The zero-order valence-corrected chi connectivity index (χ0v) is 20.9. The van der Waals surface area contributed by atoms with Crippen molar-refractivity contribution in [3.8, 4) is 11.4 Å². The molecule has 0 atom stereocenters. The molecule has 0 aliphatic carbocycles. The topological polar surface area (TPSA) is 60.8 Å². The Morgan fingerprint density at radius 1 is 1.15 bits per heavy atom. The third kappa shape index (κ3) is 5.37. The van der Waals surface area contributed by atoms with Crippen LogP contribution in [0.5, 0.6) is 5.75 Å². The summed E-state index contributed by atoms with van der Waals surface area (Å²) in [4.78, 5) is 27.7. The molecular weight excluding hydrogens is 510 g/mol. The molecule has 3 rings (SSSR count). The lowest BCUT2D eigenvalue weighted by Gasteiger charge is -2.21. The van der Waals surface area contributed by atoms with Crippen molar-refractivity contribution in [1.29, 1.82) is 0 Å². The molecule has 1 aromatic heterocycles. The average molecular weight is 535 g/mol. The maximum Gasteiger partial charge on any atom is 0.273 e. The van der Waals surface area contributed by atoms with E-state index in [1.807, 2.05) is 0 Å². The summed E-state index contributed by atoms with van der Waals surface area (Å²) in [7, 11) is 3.26. The Bertz CT molecular complexity index is 1280. The van der Waals surface area contributed by atoms with Crippen molar-refractivity contribution in [2.45, 2.75) is 20.5 Å². The number of methoxy groups -OCH3 is 1. The molecule has 0 unspecified atom stereocenters. The Hall–Kier alpha value is -3.04. The van der Waals surface area contributed by atoms with Crippen molar-refractivity contribution in [3.63, 3.8) is 0 Å². The van der Waals surface area contributed by atoms with E-state index in [0.717, 1.165) is 12.1 Å². The highest BCUT2D eigenvalue weighted by molar-refractivity contribution is 9.10. The van der Waals surface area contributed by atoms with Gasteiger partial charge in [-0.15, -0.1) is 0 Å². The number of ether oxygens (including phenoxy) is 2. The van der Waals surface area contributed by atoms with E-state index < -0.39 is 17.2 Å². The van der Waals surface area contributed by atoms with Gasteiger partial charge in [0, 0.05) is 49.7 Å². The number of rotatable bonds is 8. The van der Waals surface area contributed by atoms with Gasteiger partial charge in [0.2, 0.25) is 0 Å². The van der Waals surface area contributed by atoms with E-state index in [9.17, 15) is 18.4 Å². The first-order valence-corrected chi connectivity index (χ1v) is 11.3. The summed E-state index contributed by atoms with van der Waals surface area (Å²) in [5.41, 5.74) is 2.01. The van der Waals surface area contributed by atoms with Crippen LogP contribution in [0.15, 0.2) is 51.7 Å². The van der Waals surface area contributed by atoms with E-state index in [-0.39, 0.29) is 28.3 Å². The zero-order valence-electron chi connectivity index (χ0n) is 19.3. The molecule has 0 aliphatic heterocycles. The minimum atomic E-state index is -0.728. The molecule has 0 saturated carbocycles. The number of halogens is 3. The molecule has 0 N–H and O–H groups in total. The van der Waals surface area contributed by atoms with Gasteiger partial charge in [-0.2, -0.15) is 0 Å². The third-order valence-corrected chi connectivity index (χ3v) is 6.18. The molecule has 9 heteroatoms. The van der Waals surface area contributed by atoms with Crippen LogP contribution in [-0.4, -0.2) is 42.7 Å². The first-order valence-electron chi connectivity index (χ1n) is 10.5. The van der Waals surface area contributed by atoms with Crippen molar-refractivity contribution in [2.75, 3.05) is 27.3 Å². The Labute approximate surface area is 204 Å². The number of likely N-dealkylation sites (N-methyl/N-ethyl adjacent to an activating group) is 1. The molecule has 0 aliphatic rings. The molecule has 0 radical (unpaired) electrons. The number of aryl methyl sites for hydroxylation is 1. The van der Waals surface area contributed by atoms with E-state index in [0.29, 0.717) is 35.7 Å². The van der Waals surface area contributed by atoms with E-state index in [1.54, 1.807) is 57.2 Å². The number of benzene rings is 2. The second-order valence-corrected chi connectivity index (χ2v) is 8.59. The van der Waals surface area contributed by atoms with Gasteiger partial charge in [-0.1, -0.05) is 6.07 Å². The molecule has 1 heterocycles. The van der Waals surface area contributed by atoms with E-state index >= 15 is 0 Å². The number of hydrogen-bond donors (Lipinski definition) is 0. The van der Waals surface area contributed by atoms with Crippen molar-refractivity contribution in [2.24, 2.45) is 0 Å². The highest BCUT2D eigenvalue weighted by atomic mass is 79.9. The van der Waals surface area contributed by atoms with Crippen LogP contribution in [0.1, 0.15) is 27.2 Å². The summed E-state index contributed by atoms with van der Waals surface area (Å²) >= 11 is 3.29. The summed E-state index contributed by atoms with van der Waals surface area (Å²) in [5, 5.41) is 0. The molecule has 0 fully saturated rings. The maximum atomic E-state index is 13.9. The van der Waals surface area contributed by atoms with Crippen molar-refractivity contribution >= 4 is 21.8 Å².